The Labute approximate surface area is 106 Å². The number of carbonyl (C=O) groups is 1. The van der Waals surface area contributed by atoms with Crippen molar-refractivity contribution in [1.29, 1.82) is 0 Å². The molecule has 1 unspecified atom stereocenters. The molecule has 0 spiro atoms. The van der Waals surface area contributed by atoms with Crippen LogP contribution in [-0.2, 0) is 4.79 Å². The van der Waals surface area contributed by atoms with E-state index in [-0.39, 0.29) is 17.6 Å². The van der Waals surface area contributed by atoms with E-state index in [4.69, 9.17) is 4.74 Å². The maximum atomic E-state index is 12.0. The molecule has 1 aromatic carbocycles. The molecule has 5 nitrogen and oxygen atoms in total. The molecule has 1 fully saturated rings. The average Bonchev–Trinajstić information content (AvgIpc) is 2.29. The molecule has 1 aliphatic heterocycles. The monoisotopic (exact) mass is 250 g/mol. The molecule has 18 heavy (non-hydrogen) atoms. The van der Waals surface area contributed by atoms with Crippen LogP contribution in [0.15, 0.2) is 18.2 Å². The topological polar surface area (TPSA) is 70.6 Å². The summed E-state index contributed by atoms with van der Waals surface area (Å²) in [4.78, 5) is 12.0. The Kier molecular flexibility index (Phi) is 3.72. The van der Waals surface area contributed by atoms with E-state index in [1.807, 2.05) is 6.92 Å². The molecule has 0 bridgehead atoms. The highest BCUT2D eigenvalue weighted by Gasteiger charge is 2.28. The number of phenols is 1. The highest BCUT2D eigenvalue weighted by molar-refractivity contribution is 5.94. The largest absolute Gasteiger partial charge is 0.506 e. The summed E-state index contributed by atoms with van der Waals surface area (Å²) in [5, 5.41) is 15.6. The zero-order chi connectivity index (χ0) is 13.1. The third-order valence-electron chi connectivity index (χ3n) is 3.40. The molecule has 5 heteroatoms. The van der Waals surface area contributed by atoms with E-state index < -0.39 is 0 Å². The van der Waals surface area contributed by atoms with Crippen LogP contribution in [0.5, 0.6) is 11.5 Å². The molecular weight excluding hydrogens is 232 g/mol. The summed E-state index contributed by atoms with van der Waals surface area (Å²) < 4.78 is 4.99. The van der Waals surface area contributed by atoms with Gasteiger partial charge in [-0.3, -0.25) is 4.79 Å². The van der Waals surface area contributed by atoms with Crippen molar-refractivity contribution < 1.29 is 14.6 Å². The molecule has 3 N–H and O–H groups in total. The minimum atomic E-state index is -0.0676. The predicted octanol–water partition coefficient (Wildman–Crippen LogP) is 1.19. The third-order valence-corrected chi connectivity index (χ3v) is 3.40. The first-order valence-electron chi connectivity index (χ1n) is 6.00. The second kappa shape index (κ2) is 5.27. The second-order valence-corrected chi connectivity index (χ2v) is 4.58. The smallest absolute Gasteiger partial charge is 0.227 e. The molecule has 0 radical (unpaired) electrons. The van der Waals surface area contributed by atoms with Crippen LogP contribution in [0.1, 0.15) is 6.92 Å². The second-order valence-electron chi connectivity index (χ2n) is 4.58. The van der Waals surface area contributed by atoms with Crippen LogP contribution in [0.4, 0.5) is 5.69 Å². The van der Waals surface area contributed by atoms with Gasteiger partial charge in [0.15, 0.2) is 0 Å². The van der Waals surface area contributed by atoms with Gasteiger partial charge in [0.05, 0.1) is 12.8 Å². The Hall–Kier alpha value is -1.75. The number of rotatable bonds is 4. The first-order chi connectivity index (χ1) is 8.61. The van der Waals surface area contributed by atoms with Crippen molar-refractivity contribution in [2.75, 3.05) is 25.5 Å². The van der Waals surface area contributed by atoms with Crippen molar-refractivity contribution in [2.24, 2.45) is 11.8 Å². The SMILES string of the molecule is COc1ccc(NC(=O)C(C)C2CNC2)c(O)c1. The lowest BCUT2D eigenvalue weighted by atomic mass is 9.88. The van der Waals surface area contributed by atoms with Gasteiger partial charge < -0.3 is 20.5 Å². The van der Waals surface area contributed by atoms with Gasteiger partial charge >= 0.3 is 0 Å². The van der Waals surface area contributed by atoms with Crippen molar-refractivity contribution >= 4 is 11.6 Å². The van der Waals surface area contributed by atoms with Crippen molar-refractivity contribution in [2.45, 2.75) is 6.92 Å². The van der Waals surface area contributed by atoms with Gasteiger partial charge in [-0.05, 0) is 31.1 Å². The Morgan fingerprint density at radius 3 is 2.78 bits per heavy atom. The van der Waals surface area contributed by atoms with E-state index in [0.29, 0.717) is 17.4 Å². The standard InChI is InChI=1S/C13H18N2O3/c1-8(9-6-14-7-9)13(17)15-11-4-3-10(18-2)5-12(11)16/h3-5,8-9,14,16H,6-7H2,1-2H3,(H,15,17). The molecule has 0 aliphatic carbocycles. The number of amides is 1. The van der Waals surface area contributed by atoms with Gasteiger partial charge in [0.25, 0.3) is 0 Å². The number of ether oxygens (including phenoxy) is 1. The van der Waals surface area contributed by atoms with E-state index >= 15 is 0 Å². The van der Waals surface area contributed by atoms with Crippen LogP contribution in [0, 0.1) is 11.8 Å². The van der Waals surface area contributed by atoms with Crippen molar-refractivity contribution in [3.05, 3.63) is 18.2 Å². The first kappa shape index (κ1) is 12.7. The van der Waals surface area contributed by atoms with Gasteiger partial charge in [0, 0.05) is 12.0 Å². The molecule has 98 valence electrons. The zero-order valence-corrected chi connectivity index (χ0v) is 10.6. The van der Waals surface area contributed by atoms with Gasteiger partial charge in [-0.1, -0.05) is 6.92 Å². The van der Waals surface area contributed by atoms with E-state index in [2.05, 4.69) is 10.6 Å². The zero-order valence-electron chi connectivity index (χ0n) is 10.6. The normalized spacial score (nSPS) is 16.8. The van der Waals surface area contributed by atoms with E-state index in [9.17, 15) is 9.90 Å². The number of carbonyl (C=O) groups excluding carboxylic acids is 1. The molecule has 1 amide bonds. The average molecular weight is 250 g/mol. The van der Waals surface area contributed by atoms with Crippen molar-refractivity contribution in [3.63, 3.8) is 0 Å². The Morgan fingerprint density at radius 1 is 1.56 bits per heavy atom. The maximum Gasteiger partial charge on any atom is 0.227 e. The van der Waals surface area contributed by atoms with Crippen molar-refractivity contribution in [3.8, 4) is 11.5 Å². The number of aromatic hydroxyl groups is 1. The minimum Gasteiger partial charge on any atom is -0.506 e. The predicted molar refractivity (Wildman–Crippen MR) is 68.8 cm³/mol. The lowest BCUT2D eigenvalue weighted by molar-refractivity contribution is -0.121. The van der Waals surface area contributed by atoms with Crippen LogP contribution in [-0.4, -0.2) is 31.2 Å². The highest BCUT2D eigenvalue weighted by Crippen LogP contribution is 2.29. The Bertz CT molecular complexity index is 444. The number of nitrogens with one attached hydrogen (secondary N) is 2. The number of methoxy groups -OCH3 is 1. The third kappa shape index (κ3) is 2.56. The van der Waals surface area contributed by atoms with Gasteiger partial charge in [-0.2, -0.15) is 0 Å². The molecule has 1 atom stereocenters. The number of hydrogen-bond donors (Lipinski definition) is 3. The molecule has 0 saturated carbocycles. The fourth-order valence-electron chi connectivity index (χ4n) is 1.87. The van der Waals surface area contributed by atoms with Gasteiger partial charge in [0.1, 0.15) is 11.5 Å². The highest BCUT2D eigenvalue weighted by atomic mass is 16.5. The summed E-state index contributed by atoms with van der Waals surface area (Å²) in [6.45, 7) is 3.66. The summed E-state index contributed by atoms with van der Waals surface area (Å²) in [5.41, 5.74) is 0.417. The van der Waals surface area contributed by atoms with E-state index in [1.165, 1.54) is 13.2 Å². The summed E-state index contributed by atoms with van der Waals surface area (Å²) in [6, 6.07) is 4.81. The molecule has 1 aliphatic rings. The van der Waals surface area contributed by atoms with Gasteiger partial charge in [0.2, 0.25) is 5.91 Å². The first-order valence-corrected chi connectivity index (χ1v) is 6.00. The minimum absolute atomic E-state index is 0.0154. The fourth-order valence-corrected chi connectivity index (χ4v) is 1.87. The van der Waals surface area contributed by atoms with Crippen molar-refractivity contribution in [1.82, 2.24) is 5.32 Å². The number of anilines is 1. The summed E-state index contributed by atoms with van der Waals surface area (Å²) in [6.07, 6.45) is 0. The molecular formula is C13H18N2O3. The molecule has 1 aromatic rings. The van der Waals surface area contributed by atoms with Gasteiger partial charge in [-0.15, -0.1) is 0 Å². The number of benzene rings is 1. The molecule has 1 saturated heterocycles. The quantitative estimate of drug-likeness (QED) is 0.702. The van der Waals surface area contributed by atoms with Crippen LogP contribution in [0.25, 0.3) is 0 Å². The molecule has 1 heterocycles. The lowest BCUT2D eigenvalue weighted by Crippen LogP contribution is -2.48. The van der Waals surface area contributed by atoms with Crippen LogP contribution < -0.4 is 15.4 Å². The summed E-state index contributed by atoms with van der Waals surface area (Å²) in [7, 11) is 1.53. The van der Waals surface area contributed by atoms with E-state index in [1.54, 1.807) is 12.1 Å². The van der Waals surface area contributed by atoms with Crippen LogP contribution in [0.3, 0.4) is 0 Å². The van der Waals surface area contributed by atoms with E-state index in [0.717, 1.165) is 13.1 Å². The maximum absolute atomic E-state index is 12.0. The van der Waals surface area contributed by atoms with Crippen LogP contribution in [0.2, 0.25) is 0 Å². The molecule has 2 rings (SSSR count). The Balaban J connectivity index is 2.02. The number of hydrogen-bond acceptors (Lipinski definition) is 4. The van der Waals surface area contributed by atoms with Gasteiger partial charge in [-0.25, -0.2) is 0 Å². The Morgan fingerprint density at radius 2 is 2.28 bits per heavy atom. The number of phenolic OH excluding ortho intramolecular Hbond substituents is 1. The summed E-state index contributed by atoms with van der Waals surface area (Å²) in [5.74, 6) is 0.823. The molecule has 0 aromatic heterocycles. The van der Waals surface area contributed by atoms with Crippen LogP contribution >= 0.6 is 0 Å². The summed E-state index contributed by atoms with van der Waals surface area (Å²) >= 11 is 0. The lowest BCUT2D eigenvalue weighted by Gasteiger charge is -2.31. The fraction of sp³-hybridized carbons (Fsp3) is 0.462.